The van der Waals surface area contributed by atoms with Crippen LogP contribution in [0.2, 0.25) is 0 Å². The van der Waals surface area contributed by atoms with Crippen LogP contribution in [0.1, 0.15) is 12.8 Å². The average molecular weight is 168 g/mol. The summed E-state index contributed by atoms with van der Waals surface area (Å²) >= 11 is 0. The molecule has 0 aromatic heterocycles. The van der Waals surface area contributed by atoms with E-state index in [0.717, 1.165) is 0 Å². The smallest absolute Gasteiger partial charge is 0.0468 e. The number of aliphatic hydroxyl groups is 2. The van der Waals surface area contributed by atoms with Gasteiger partial charge in [0.15, 0.2) is 0 Å². The van der Waals surface area contributed by atoms with Crippen molar-refractivity contribution < 1.29 is 10.2 Å². The molecule has 3 aliphatic rings. The molecule has 0 radical (unpaired) electrons. The summed E-state index contributed by atoms with van der Waals surface area (Å²) in [7, 11) is 0. The molecule has 0 aromatic carbocycles. The fraction of sp³-hybridized carbons (Fsp3) is 0.800. The van der Waals surface area contributed by atoms with E-state index >= 15 is 0 Å². The summed E-state index contributed by atoms with van der Waals surface area (Å²) in [6, 6.07) is 0. The van der Waals surface area contributed by atoms with Gasteiger partial charge >= 0.3 is 0 Å². The predicted octanol–water partition coefficient (Wildman–Crippen LogP) is 0.799. The summed E-state index contributed by atoms with van der Waals surface area (Å²) in [5, 5.41) is 18.3. The summed E-state index contributed by atoms with van der Waals surface area (Å²) in [4.78, 5) is 0. The van der Waals surface area contributed by atoms with Crippen molar-refractivity contribution in [1.29, 1.82) is 0 Å². The van der Waals surface area contributed by atoms with E-state index in [2.05, 4.69) is 12.2 Å². The Morgan fingerprint density at radius 2 is 1.33 bits per heavy atom. The molecule has 68 valence electrons. The Hall–Kier alpha value is -0.340. The molecular formula is C10H16O2. The van der Waals surface area contributed by atoms with Crippen LogP contribution in [-0.4, -0.2) is 23.4 Å². The van der Waals surface area contributed by atoms with Crippen molar-refractivity contribution in [3.8, 4) is 0 Å². The number of fused-ring (bicyclic) bond motifs is 2. The summed E-state index contributed by atoms with van der Waals surface area (Å²) in [5.74, 6) is 1.69. The molecule has 0 aliphatic heterocycles. The van der Waals surface area contributed by atoms with E-state index in [-0.39, 0.29) is 13.2 Å². The highest BCUT2D eigenvalue weighted by Crippen LogP contribution is 2.44. The van der Waals surface area contributed by atoms with Crippen molar-refractivity contribution in [1.82, 2.24) is 0 Å². The van der Waals surface area contributed by atoms with E-state index in [9.17, 15) is 0 Å². The Kier molecular flexibility index (Phi) is 2.20. The van der Waals surface area contributed by atoms with Crippen LogP contribution >= 0.6 is 0 Å². The first-order valence-electron chi connectivity index (χ1n) is 4.77. The van der Waals surface area contributed by atoms with E-state index in [1.165, 1.54) is 12.8 Å². The third-order valence-corrected chi connectivity index (χ3v) is 3.51. The SMILES string of the molecule is OC[C@@H]1[C@H](CO)[C@H]2C=C[C@H]1CC2. The fourth-order valence-corrected chi connectivity index (χ4v) is 2.75. The van der Waals surface area contributed by atoms with Gasteiger partial charge in [-0.3, -0.25) is 0 Å². The van der Waals surface area contributed by atoms with Crippen molar-refractivity contribution in [3.05, 3.63) is 12.2 Å². The van der Waals surface area contributed by atoms with Gasteiger partial charge < -0.3 is 10.2 Å². The molecule has 2 nitrogen and oxygen atoms in total. The van der Waals surface area contributed by atoms with Crippen molar-refractivity contribution in [2.75, 3.05) is 13.2 Å². The predicted molar refractivity (Wildman–Crippen MR) is 46.5 cm³/mol. The quantitative estimate of drug-likeness (QED) is 0.599. The highest BCUT2D eigenvalue weighted by Gasteiger charge is 2.39. The zero-order valence-corrected chi connectivity index (χ0v) is 7.19. The first-order chi connectivity index (χ1) is 5.86. The van der Waals surface area contributed by atoms with E-state index in [1.54, 1.807) is 0 Å². The molecule has 3 rings (SSSR count). The van der Waals surface area contributed by atoms with Crippen LogP contribution in [0.25, 0.3) is 0 Å². The lowest BCUT2D eigenvalue weighted by Gasteiger charge is -2.43. The number of aliphatic hydroxyl groups excluding tert-OH is 2. The van der Waals surface area contributed by atoms with Gasteiger partial charge in [-0.2, -0.15) is 0 Å². The van der Waals surface area contributed by atoms with Crippen LogP contribution in [0, 0.1) is 23.7 Å². The molecule has 12 heavy (non-hydrogen) atoms. The molecule has 4 atom stereocenters. The van der Waals surface area contributed by atoms with Crippen molar-refractivity contribution in [3.63, 3.8) is 0 Å². The first kappa shape index (κ1) is 8.27. The standard InChI is InChI=1S/C10H16O2/c11-5-9-7-1-2-8(4-3-7)10(9)6-12/h1-2,7-12H,3-6H2/t7-,8-,9-,10+/m0/s1. The topological polar surface area (TPSA) is 40.5 Å². The van der Waals surface area contributed by atoms with Crippen LogP contribution < -0.4 is 0 Å². The monoisotopic (exact) mass is 168 g/mol. The lowest BCUT2D eigenvalue weighted by atomic mass is 9.63. The second-order valence-corrected chi connectivity index (χ2v) is 3.98. The summed E-state index contributed by atoms with van der Waals surface area (Å²) in [6.07, 6.45) is 6.84. The maximum absolute atomic E-state index is 9.17. The van der Waals surface area contributed by atoms with Crippen molar-refractivity contribution in [2.45, 2.75) is 12.8 Å². The highest BCUT2D eigenvalue weighted by atomic mass is 16.3. The summed E-state index contributed by atoms with van der Waals surface area (Å²) < 4.78 is 0. The van der Waals surface area contributed by atoms with Gasteiger partial charge in [0.25, 0.3) is 0 Å². The Morgan fingerprint density at radius 1 is 0.917 bits per heavy atom. The molecule has 2 bridgehead atoms. The van der Waals surface area contributed by atoms with Gasteiger partial charge in [-0.15, -0.1) is 0 Å². The average Bonchev–Trinajstić information content (AvgIpc) is 2.18. The van der Waals surface area contributed by atoms with Gasteiger partial charge in [-0.1, -0.05) is 12.2 Å². The lowest BCUT2D eigenvalue weighted by Crippen LogP contribution is -2.40. The largest absolute Gasteiger partial charge is 0.396 e. The second-order valence-electron chi connectivity index (χ2n) is 3.98. The third-order valence-electron chi connectivity index (χ3n) is 3.51. The zero-order chi connectivity index (χ0) is 8.55. The maximum Gasteiger partial charge on any atom is 0.0468 e. The zero-order valence-electron chi connectivity index (χ0n) is 7.19. The van der Waals surface area contributed by atoms with Crippen molar-refractivity contribution in [2.24, 2.45) is 23.7 Å². The minimum Gasteiger partial charge on any atom is -0.396 e. The molecular weight excluding hydrogens is 152 g/mol. The van der Waals surface area contributed by atoms with Crippen LogP contribution in [0.5, 0.6) is 0 Å². The number of hydrogen-bond acceptors (Lipinski definition) is 2. The van der Waals surface area contributed by atoms with E-state index in [1.807, 2.05) is 0 Å². The maximum atomic E-state index is 9.17. The number of allylic oxidation sites excluding steroid dienone is 2. The Labute approximate surface area is 72.9 Å². The van der Waals surface area contributed by atoms with Gasteiger partial charge in [0.1, 0.15) is 0 Å². The minimum absolute atomic E-state index is 0.233. The van der Waals surface area contributed by atoms with E-state index in [4.69, 9.17) is 10.2 Å². The molecule has 0 unspecified atom stereocenters. The molecule has 1 fully saturated rings. The van der Waals surface area contributed by atoms with Gasteiger partial charge in [-0.05, 0) is 36.5 Å². The van der Waals surface area contributed by atoms with Crippen LogP contribution in [0.4, 0.5) is 0 Å². The molecule has 1 saturated carbocycles. The summed E-state index contributed by atoms with van der Waals surface area (Å²) in [5.41, 5.74) is 0. The van der Waals surface area contributed by atoms with E-state index in [0.29, 0.717) is 23.7 Å². The molecule has 0 amide bonds. The molecule has 0 saturated heterocycles. The highest BCUT2D eigenvalue weighted by molar-refractivity contribution is 5.09. The summed E-state index contributed by atoms with van der Waals surface area (Å²) in [6.45, 7) is 0.466. The van der Waals surface area contributed by atoms with Gasteiger partial charge in [0, 0.05) is 13.2 Å². The van der Waals surface area contributed by atoms with Crippen molar-refractivity contribution >= 4 is 0 Å². The molecule has 0 spiro atoms. The van der Waals surface area contributed by atoms with Gasteiger partial charge in [0.05, 0.1) is 0 Å². The molecule has 2 N–H and O–H groups in total. The Balaban J connectivity index is 2.18. The second kappa shape index (κ2) is 3.19. The number of hydrogen-bond donors (Lipinski definition) is 2. The Bertz CT molecular complexity index is 168. The molecule has 0 heterocycles. The lowest BCUT2D eigenvalue weighted by molar-refractivity contribution is 0.0266. The normalized spacial score (nSPS) is 45.2. The fourth-order valence-electron chi connectivity index (χ4n) is 2.75. The van der Waals surface area contributed by atoms with Crippen LogP contribution in [-0.2, 0) is 0 Å². The molecule has 0 aromatic rings. The van der Waals surface area contributed by atoms with Gasteiger partial charge in [0.2, 0.25) is 0 Å². The molecule has 3 aliphatic carbocycles. The van der Waals surface area contributed by atoms with Gasteiger partial charge in [-0.25, -0.2) is 0 Å². The van der Waals surface area contributed by atoms with Crippen LogP contribution in [0.15, 0.2) is 12.2 Å². The minimum atomic E-state index is 0.233. The third kappa shape index (κ3) is 1.10. The van der Waals surface area contributed by atoms with E-state index < -0.39 is 0 Å². The number of rotatable bonds is 2. The first-order valence-corrected chi connectivity index (χ1v) is 4.77. The molecule has 2 heteroatoms. The van der Waals surface area contributed by atoms with Crippen LogP contribution in [0.3, 0.4) is 0 Å². The Morgan fingerprint density at radius 3 is 1.58 bits per heavy atom.